The number of ether oxygens (including phenoxy) is 4. The molecule has 27 heavy (non-hydrogen) atoms. The van der Waals surface area contributed by atoms with Gasteiger partial charge in [0, 0.05) is 11.6 Å². The summed E-state index contributed by atoms with van der Waals surface area (Å²) in [5.74, 6) is 0.259. The van der Waals surface area contributed by atoms with Crippen molar-refractivity contribution in [3.8, 4) is 17.2 Å². The van der Waals surface area contributed by atoms with Crippen LogP contribution in [0.15, 0.2) is 31.7 Å². The van der Waals surface area contributed by atoms with Gasteiger partial charge in [-0.1, -0.05) is 0 Å². The van der Waals surface area contributed by atoms with E-state index in [4.69, 9.17) is 14.2 Å². The Labute approximate surface area is 167 Å². The van der Waals surface area contributed by atoms with Crippen molar-refractivity contribution >= 4 is 51.0 Å². The van der Waals surface area contributed by atoms with Crippen LogP contribution in [0, 0.1) is 0 Å². The molecule has 0 aromatic heterocycles. The van der Waals surface area contributed by atoms with E-state index >= 15 is 0 Å². The van der Waals surface area contributed by atoms with Gasteiger partial charge >= 0.3 is 5.97 Å². The number of methoxy groups -OCH3 is 4. The molecule has 0 bridgehead atoms. The van der Waals surface area contributed by atoms with Crippen molar-refractivity contribution in [3.63, 3.8) is 0 Å². The van der Waals surface area contributed by atoms with Crippen molar-refractivity contribution in [1.82, 2.24) is 5.32 Å². The Morgan fingerprint density at radius 1 is 1.19 bits per heavy atom. The van der Waals surface area contributed by atoms with Crippen LogP contribution in [0.5, 0.6) is 17.2 Å². The number of hydrogen-bond donors (Lipinski definition) is 1. The van der Waals surface area contributed by atoms with Crippen LogP contribution in [0.1, 0.15) is 5.56 Å². The largest absolute Gasteiger partial charge is 0.493 e. The molecule has 0 atom stereocenters. The number of rotatable bonds is 6. The fraction of sp³-hybridized carbons (Fsp3) is 0.250. The number of benzene rings is 1. The monoisotopic (exact) mass is 457 g/mol. The molecule has 0 unspecified atom stereocenters. The van der Waals surface area contributed by atoms with E-state index in [1.807, 2.05) is 0 Å². The molecule has 1 aromatic carbocycles. The highest BCUT2D eigenvalue weighted by Crippen LogP contribution is 2.44. The van der Waals surface area contributed by atoms with Crippen LogP contribution >= 0.6 is 27.7 Å². The second-order valence-corrected chi connectivity index (χ2v) is 6.61. The van der Waals surface area contributed by atoms with Crippen LogP contribution < -0.4 is 19.5 Å². The number of amidine groups is 1. The van der Waals surface area contributed by atoms with Crippen LogP contribution in [-0.2, 0) is 14.3 Å². The summed E-state index contributed by atoms with van der Waals surface area (Å²) >= 11 is 4.41. The first-order chi connectivity index (χ1) is 12.9. The van der Waals surface area contributed by atoms with Gasteiger partial charge in [-0.3, -0.25) is 10.1 Å². The zero-order chi connectivity index (χ0) is 20.0. The molecule has 1 heterocycles. The van der Waals surface area contributed by atoms with Crippen LogP contribution in [0.25, 0.3) is 0 Å². The third-order valence-electron chi connectivity index (χ3n) is 3.24. The van der Waals surface area contributed by atoms with Crippen molar-refractivity contribution < 1.29 is 28.5 Å². The summed E-state index contributed by atoms with van der Waals surface area (Å²) in [5.41, 5.74) is 0.619. The van der Waals surface area contributed by atoms with Crippen molar-refractivity contribution in [2.45, 2.75) is 0 Å². The predicted molar refractivity (Wildman–Crippen MR) is 105 cm³/mol. The lowest BCUT2D eigenvalue weighted by atomic mass is 10.2. The number of halogens is 1. The summed E-state index contributed by atoms with van der Waals surface area (Å²) in [6.45, 7) is 0. The fourth-order valence-electron chi connectivity index (χ4n) is 2.02. The molecule has 1 aliphatic heterocycles. The van der Waals surface area contributed by atoms with E-state index in [0.717, 1.165) is 17.8 Å². The van der Waals surface area contributed by atoms with Crippen LogP contribution in [0.3, 0.4) is 0 Å². The molecule has 2 rings (SSSR count). The van der Waals surface area contributed by atoms with Gasteiger partial charge in [0.1, 0.15) is 0 Å². The Morgan fingerprint density at radius 2 is 1.89 bits per heavy atom. The number of thioether (sulfide) groups is 1. The van der Waals surface area contributed by atoms with Gasteiger partial charge in [0.25, 0.3) is 5.91 Å². The van der Waals surface area contributed by atoms with E-state index in [1.165, 1.54) is 34.7 Å². The number of carbonyl (C=O) groups is 2. The van der Waals surface area contributed by atoms with Gasteiger partial charge in [-0.25, -0.2) is 4.79 Å². The van der Waals surface area contributed by atoms with Crippen molar-refractivity contribution in [2.24, 2.45) is 10.2 Å². The van der Waals surface area contributed by atoms with Gasteiger partial charge in [-0.2, -0.15) is 5.10 Å². The standard InChI is InChI=1S/C16H16BrN3O6S/c1-23-9-5-8(12(17)14(26-4)13(9)25-3)7-18-20-16-19-15(22)10(27-16)6-11(21)24-2/h5-7H,1-4H3,(H,19,20,22)/b10-6+,18-7?. The lowest BCUT2D eigenvalue weighted by Crippen LogP contribution is -2.19. The van der Waals surface area contributed by atoms with Crippen molar-refractivity contribution in [2.75, 3.05) is 28.4 Å². The normalized spacial score (nSPS) is 16.7. The molecule has 0 spiro atoms. The first-order valence-electron chi connectivity index (χ1n) is 7.33. The van der Waals surface area contributed by atoms with Gasteiger partial charge in [0.15, 0.2) is 16.7 Å². The van der Waals surface area contributed by atoms with Gasteiger partial charge in [-0.15, -0.1) is 5.10 Å². The van der Waals surface area contributed by atoms with E-state index in [2.05, 4.69) is 36.2 Å². The zero-order valence-electron chi connectivity index (χ0n) is 14.9. The third kappa shape index (κ3) is 4.80. The third-order valence-corrected chi connectivity index (χ3v) is 4.96. The molecule has 1 N–H and O–H groups in total. The average molecular weight is 458 g/mol. The number of nitrogens with one attached hydrogen (secondary N) is 1. The lowest BCUT2D eigenvalue weighted by molar-refractivity contribution is -0.135. The van der Waals surface area contributed by atoms with Crippen LogP contribution in [0.4, 0.5) is 0 Å². The molecule has 1 fully saturated rings. The zero-order valence-corrected chi connectivity index (χ0v) is 17.3. The summed E-state index contributed by atoms with van der Waals surface area (Å²) in [5, 5.41) is 10.6. The minimum Gasteiger partial charge on any atom is -0.493 e. The molecule has 1 amide bonds. The Morgan fingerprint density at radius 3 is 2.48 bits per heavy atom. The number of hydrogen-bond acceptors (Lipinski definition) is 9. The maximum atomic E-state index is 11.8. The quantitative estimate of drug-likeness (QED) is 0.301. The molecule has 0 saturated carbocycles. The van der Waals surface area contributed by atoms with Gasteiger partial charge in [0.2, 0.25) is 5.75 Å². The summed E-state index contributed by atoms with van der Waals surface area (Å²) in [6.07, 6.45) is 2.54. The minimum absolute atomic E-state index is 0.171. The van der Waals surface area contributed by atoms with Gasteiger partial charge < -0.3 is 18.9 Å². The SMILES string of the molecule is COC(=O)/C=C1/S/C(=N\N=Cc2cc(OC)c(OC)c(OC)c2Br)NC1=O. The highest BCUT2D eigenvalue weighted by Gasteiger charge is 2.25. The molecule has 9 nitrogen and oxygen atoms in total. The highest BCUT2D eigenvalue weighted by molar-refractivity contribution is 9.10. The fourth-order valence-corrected chi connectivity index (χ4v) is 3.32. The Hall–Kier alpha value is -2.53. The van der Waals surface area contributed by atoms with E-state index in [0.29, 0.717) is 27.3 Å². The van der Waals surface area contributed by atoms with Crippen molar-refractivity contribution in [3.05, 3.63) is 27.1 Å². The smallest absolute Gasteiger partial charge is 0.331 e. The summed E-state index contributed by atoms with van der Waals surface area (Å²) in [4.78, 5) is 23.2. The molecular formula is C16H16BrN3O6S. The molecular weight excluding hydrogens is 442 g/mol. The second-order valence-electron chi connectivity index (χ2n) is 4.79. The van der Waals surface area contributed by atoms with Gasteiger partial charge in [-0.05, 0) is 33.8 Å². The van der Waals surface area contributed by atoms with Crippen LogP contribution in [-0.4, -0.2) is 51.7 Å². The van der Waals surface area contributed by atoms with E-state index in [-0.39, 0.29) is 10.1 Å². The molecule has 11 heteroatoms. The number of carbonyl (C=O) groups excluding carboxylic acids is 2. The number of nitrogens with zero attached hydrogens (tertiary/aromatic N) is 2. The molecule has 1 saturated heterocycles. The Kier molecular flexibility index (Phi) is 7.25. The molecule has 144 valence electrons. The minimum atomic E-state index is -0.626. The first-order valence-corrected chi connectivity index (χ1v) is 8.94. The van der Waals surface area contributed by atoms with Gasteiger partial charge in [0.05, 0.1) is 44.0 Å². The average Bonchev–Trinajstić information content (AvgIpc) is 3.01. The van der Waals surface area contributed by atoms with E-state index < -0.39 is 11.9 Å². The molecule has 0 radical (unpaired) electrons. The maximum absolute atomic E-state index is 11.8. The van der Waals surface area contributed by atoms with E-state index in [9.17, 15) is 9.59 Å². The molecule has 1 aliphatic rings. The van der Waals surface area contributed by atoms with E-state index in [1.54, 1.807) is 6.07 Å². The van der Waals surface area contributed by atoms with Crippen molar-refractivity contribution in [1.29, 1.82) is 0 Å². The molecule has 0 aliphatic carbocycles. The Balaban J connectivity index is 2.26. The topological polar surface area (TPSA) is 108 Å². The molecule has 1 aromatic rings. The summed E-state index contributed by atoms with van der Waals surface area (Å²) < 4.78 is 21.0. The highest BCUT2D eigenvalue weighted by atomic mass is 79.9. The Bertz CT molecular complexity index is 853. The second kappa shape index (κ2) is 9.42. The predicted octanol–water partition coefficient (Wildman–Crippen LogP) is 2.08. The van der Waals surface area contributed by atoms with Crippen LogP contribution in [0.2, 0.25) is 0 Å². The first kappa shape index (κ1) is 20.8. The maximum Gasteiger partial charge on any atom is 0.331 e. The summed E-state index contributed by atoms with van der Waals surface area (Å²) in [7, 11) is 5.74. The summed E-state index contributed by atoms with van der Waals surface area (Å²) in [6, 6.07) is 1.69. The number of amides is 1. The lowest BCUT2D eigenvalue weighted by Gasteiger charge is -2.14. The number of esters is 1.